The molecule has 3 rings (SSSR count). The molecular weight excluding hydrogens is 504 g/mol. The van der Waals surface area contributed by atoms with E-state index in [0.717, 1.165) is 11.1 Å². The molecule has 0 saturated heterocycles. The zero-order chi connectivity index (χ0) is 25.0. The van der Waals surface area contributed by atoms with Crippen LogP contribution in [-0.4, -0.2) is 41.2 Å². The number of carboxylic acid groups (broad SMARTS) is 1. The minimum absolute atomic E-state index is 0. The van der Waals surface area contributed by atoms with Crippen molar-refractivity contribution in [3.05, 3.63) is 69.8 Å². The molecule has 3 amide bonds. The summed E-state index contributed by atoms with van der Waals surface area (Å²) >= 11 is 12.1. The molecule has 0 aliphatic carbocycles. The third kappa shape index (κ3) is 7.08. The first-order valence-electron chi connectivity index (χ1n) is 10.5. The maximum absolute atomic E-state index is 12.7. The number of benzene rings is 2. The number of nitrogens with one attached hydrogen (secondary N) is 2. The van der Waals surface area contributed by atoms with Gasteiger partial charge in [0.25, 0.3) is 5.91 Å². The number of urea groups is 1. The van der Waals surface area contributed by atoms with E-state index in [4.69, 9.17) is 23.2 Å². The van der Waals surface area contributed by atoms with Crippen molar-refractivity contribution in [2.45, 2.75) is 32.4 Å². The molecule has 35 heavy (non-hydrogen) atoms. The van der Waals surface area contributed by atoms with Gasteiger partial charge in [-0.2, -0.15) is 0 Å². The summed E-state index contributed by atoms with van der Waals surface area (Å²) in [6.45, 7) is 3.63. The number of aliphatic carboxylic acids is 1. The van der Waals surface area contributed by atoms with E-state index in [1.165, 1.54) is 11.1 Å². The van der Waals surface area contributed by atoms with E-state index in [2.05, 4.69) is 10.6 Å². The Morgan fingerprint density at radius 2 is 1.77 bits per heavy atom. The van der Waals surface area contributed by atoms with Gasteiger partial charge < -0.3 is 25.4 Å². The summed E-state index contributed by atoms with van der Waals surface area (Å²) in [6.07, 6.45) is 0.916. The second-order valence-corrected chi connectivity index (χ2v) is 8.55. The van der Waals surface area contributed by atoms with Crippen molar-refractivity contribution < 1.29 is 53.8 Å². The van der Waals surface area contributed by atoms with Crippen molar-refractivity contribution in [2.24, 2.45) is 0 Å². The summed E-state index contributed by atoms with van der Waals surface area (Å²) in [7, 11) is 0. The van der Waals surface area contributed by atoms with Crippen LogP contribution in [0, 0.1) is 0 Å². The van der Waals surface area contributed by atoms with Gasteiger partial charge >= 0.3 is 35.6 Å². The molecule has 2 aromatic carbocycles. The van der Waals surface area contributed by atoms with Gasteiger partial charge in [0.1, 0.15) is 0 Å². The molecule has 1 aliphatic heterocycles. The molecule has 0 spiro atoms. The Morgan fingerprint density at radius 3 is 2.40 bits per heavy atom. The number of carboxylic acids is 1. The van der Waals surface area contributed by atoms with E-state index in [9.17, 15) is 24.3 Å². The fraction of sp³-hybridized carbons (Fsp3) is 0.250. The number of amides is 3. The van der Waals surface area contributed by atoms with Gasteiger partial charge in [0.05, 0.1) is 16.1 Å². The van der Waals surface area contributed by atoms with Gasteiger partial charge in [-0.15, -0.1) is 0 Å². The Bertz CT molecular complexity index is 1190. The van der Waals surface area contributed by atoms with Gasteiger partial charge in [-0.1, -0.05) is 47.5 Å². The number of hydrogen-bond acceptors (Lipinski definition) is 5. The zero-order valence-electron chi connectivity index (χ0n) is 19.4. The van der Waals surface area contributed by atoms with Crippen molar-refractivity contribution in [3.63, 3.8) is 0 Å². The van der Waals surface area contributed by atoms with Crippen LogP contribution in [0.2, 0.25) is 10.0 Å². The third-order valence-corrected chi connectivity index (χ3v) is 6.10. The number of likely N-dealkylation sites (N-methyl/N-ethyl adjacent to an activating group) is 1. The van der Waals surface area contributed by atoms with Crippen LogP contribution >= 0.6 is 23.2 Å². The molecule has 2 aromatic rings. The Morgan fingerprint density at radius 1 is 1.09 bits per heavy atom. The predicted octanol–water partition coefficient (Wildman–Crippen LogP) is -0.152. The van der Waals surface area contributed by atoms with Crippen LogP contribution in [-0.2, 0) is 14.4 Å². The molecular formula is C24H22Cl2N3NaO5. The number of rotatable bonds is 7. The molecule has 1 heterocycles. The number of hydrogen-bond donors (Lipinski definition) is 2. The number of Topliss-reactive ketones (excluding diaryl/α,β-unsaturated/α-hetero) is 1. The molecule has 2 atom stereocenters. The average molecular weight is 526 g/mol. The second kappa shape index (κ2) is 12.6. The van der Waals surface area contributed by atoms with Crippen molar-refractivity contribution >= 4 is 46.9 Å². The van der Waals surface area contributed by atoms with Gasteiger partial charge in [0.2, 0.25) is 0 Å². The molecule has 8 nitrogen and oxygen atoms in total. The zero-order valence-corrected chi connectivity index (χ0v) is 22.9. The monoisotopic (exact) mass is 525 g/mol. The van der Waals surface area contributed by atoms with E-state index < -0.39 is 42.2 Å². The molecule has 0 bridgehead atoms. The molecule has 11 heteroatoms. The maximum Gasteiger partial charge on any atom is 1.00 e. The van der Waals surface area contributed by atoms with Crippen molar-refractivity contribution in [1.82, 2.24) is 15.5 Å². The van der Waals surface area contributed by atoms with E-state index in [1.807, 2.05) is 0 Å². The van der Waals surface area contributed by atoms with Crippen molar-refractivity contribution in [2.75, 3.05) is 6.54 Å². The molecule has 0 saturated carbocycles. The van der Waals surface area contributed by atoms with Crippen LogP contribution in [0.4, 0.5) is 4.79 Å². The second-order valence-electron chi connectivity index (χ2n) is 7.73. The number of carbonyl (C=O) groups is 4. The van der Waals surface area contributed by atoms with E-state index in [-0.39, 0.29) is 29.6 Å². The standard InChI is InChI=1S/C24H23Cl2N3O5.Na/c1-3-29-12-13(2)22(32)21(23(29)33)28-24(34)27-19(11-20(30)31)16-6-4-5-14(9-16)15-7-8-17(25)18(26)10-15;/h4-10,12,19,21H,3,11H2,1-2H3,(H,30,31)(H2,27,28,34);/q;+1/p-1. The smallest absolute Gasteiger partial charge is 0.550 e. The summed E-state index contributed by atoms with van der Waals surface area (Å²) in [4.78, 5) is 50.4. The average Bonchev–Trinajstić information content (AvgIpc) is 2.80. The normalized spacial score (nSPS) is 16.2. The van der Waals surface area contributed by atoms with Crippen LogP contribution in [0.3, 0.4) is 0 Å². The Balaban J connectivity index is 0.00000432. The van der Waals surface area contributed by atoms with Gasteiger partial charge in [0.15, 0.2) is 11.8 Å². The minimum atomic E-state index is -1.39. The maximum atomic E-state index is 12.7. The first-order chi connectivity index (χ1) is 16.1. The summed E-state index contributed by atoms with van der Waals surface area (Å²) in [5.41, 5.74) is 2.27. The SMILES string of the molecule is CCN1C=C(C)C(=O)C(NC(=O)NC(CC(=O)[O-])c2cccc(-c3ccc(Cl)c(Cl)c3)c2)C1=O.[Na+]. The third-order valence-electron chi connectivity index (χ3n) is 5.36. The molecule has 178 valence electrons. The molecule has 0 fully saturated rings. The minimum Gasteiger partial charge on any atom is -0.550 e. The topological polar surface area (TPSA) is 119 Å². The Kier molecular flexibility index (Phi) is 10.4. The van der Waals surface area contributed by atoms with Crippen molar-refractivity contribution in [1.29, 1.82) is 0 Å². The fourth-order valence-electron chi connectivity index (χ4n) is 3.60. The van der Waals surface area contributed by atoms with Crippen LogP contribution < -0.4 is 45.3 Å². The van der Waals surface area contributed by atoms with Gasteiger partial charge in [-0.3, -0.25) is 9.59 Å². The molecule has 2 unspecified atom stereocenters. The molecule has 0 aromatic heterocycles. The van der Waals surface area contributed by atoms with Gasteiger partial charge in [0, 0.05) is 30.7 Å². The van der Waals surface area contributed by atoms with Crippen LogP contribution in [0.15, 0.2) is 54.2 Å². The molecule has 1 aliphatic rings. The fourth-order valence-corrected chi connectivity index (χ4v) is 3.90. The summed E-state index contributed by atoms with van der Waals surface area (Å²) < 4.78 is 0. The number of carbonyl (C=O) groups excluding carboxylic acids is 4. The first-order valence-corrected chi connectivity index (χ1v) is 11.2. The van der Waals surface area contributed by atoms with E-state index in [1.54, 1.807) is 56.3 Å². The quantitative estimate of drug-likeness (QED) is 0.385. The number of halogens is 2. The number of nitrogens with zero attached hydrogens (tertiary/aromatic N) is 1. The Hall–Kier alpha value is -2.36. The first kappa shape index (κ1) is 28.9. The predicted molar refractivity (Wildman–Crippen MR) is 126 cm³/mol. The van der Waals surface area contributed by atoms with Crippen LogP contribution in [0.25, 0.3) is 11.1 Å². The van der Waals surface area contributed by atoms with Crippen molar-refractivity contribution in [3.8, 4) is 11.1 Å². The summed E-state index contributed by atoms with van der Waals surface area (Å²) in [5, 5.41) is 17.1. The van der Waals surface area contributed by atoms with Crippen LogP contribution in [0.1, 0.15) is 31.9 Å². The van der Waals surface area contributed by atoms with E-state index >= 15 is 0 Å². The number of ketones is 1. The van der Waals surface area contributed by atoms with Gasteiger partial charge in [-0.25, -0.2) is 4.79 Å². The molecule has 2 N–H and O–H groups in total. The summed E-state index contributed by atoms with van der Waals surface area (Å²) in [6, 6.07) is 8.70. The van der Waals surface area contributed by atoms with Crippen LogP contribution in [0.5, 0.6) is 0 Å². The summed E-state index contributed by atoms with van der Waals surface area (Å²) in [5.74, 6) is -2.47. The Labute approximate surface area is 234 Å². The van der Waals surface area contributed by atoms with E-state index in [0.29, 0.717) is 27.7 Å². The largest absolute Gasteiger partial charge is 1.00 e. The van der Waals surface area contributed by atoms with Gasteiger partial charge in [-0.05, 0) is 48.7 Å². The molecule has 0 radical (unpaired) electrons.